The second kappa shape index (κ2) is 7.61. The van der Waals surface area contributed by atoms with Crippen molar-refractivity contribution in [1.29, 1.82) is 0 Å². The number of carbonyl (C=O) groups excluding carboxylic acids is 2. The molecule has 2 fully saturated rings. The molecule has 1 atom stereocenters. The van der Waals surface area contributed by atoms with E-state index in [-0.39, 0.29) is 23.8 Å². The van der Waals surface area contributed by atoms with Gasteiger partial charge in [0.15, 0.2) is 0 Å². The molecule has 0 spiro atoms. The number of amides is 3. The van der Waals surface area contributed by atoms with Gasteiger partial charge in [-0.3, -0.25) is 4.79 Å². The van der Waals surface area contributed by atoms with E-state index in [1.807, 2.05) is 0 Å². The predicted molar refractivity (Wildman–Crippen MR) is 89.1 cm³/mol. The molecule has 3 rings (SSSR count). The van der Waals surface area contributed by atoms with E-state index in [0.717, 1.165) is 18.9 Å². The van der Waals surface area contributed by atoms with Crippen LogP contribution in [-0.2, 0) is 4.79 Å². The van der Waals surface area contributed by atoms with Crippen molar-refractivity contribution in [2.75, 3.05) is 31.5 Å². The van der Waals surface area contributed by atoms with Gasteiger partial charge in [0.2, 0.25) is 5.91 Å². The Morgan fingerprint density at radius 3 is 2.62 bits per heavy atom. The zero-order valence-electron chi connectivity index (χ0n) is 13.6. The number of rotatable bonds is 6. The second-order valence-corrected chi connectivity index (χ2v) is 6.50. The molecule has 0 radical (unpaired) electrons. The van der Waals surface area contributed by atoms with Crippen molar-refractivity contribution in [3.8, 4) is 0 Å². The molecule has 24 heavy (non-hydrogen) atoms. The summed E-state index contributed by atoms with van der Waals surface area (Å²) >= 11 is 0. The van der Waals surface area contributed by atoms with E-state index < -0.39 is 0 Å². The Morgan fingerprint density at radius 2 is 1.92 bits per heavy atom. The van der Waals surface area contributed by atoms with Crippen molar-refractivity contribution in [3.63, 3.8) is 0 Å². The Kier molecular flexibility index (Phi) is 5.30. The molecule has 6 nitrogen and oxygen atoms in total. The maximum Gasteiger partial charge on any atom is 0.319 e. The van der Waals surface area contributed by atoms with Crippen LogP contribution in [0.1, 0.15) is 19.3 Å². The first-order valence-electron chi connectivity index (χ1n) is 8.42. The van der Waals surface area contributed by atoms with Crippen molar-refractivity contribution in [1.82, 2.24) is 15.5 Å². The van der Waals surface area contributed by atoms with Crippen molar-refractivity contribution in [2.24, 2.45) is 5.92 Å². The van der Waals surface area contributed by atoms with Gasteiger partial charge in [-0.25, -0.2) is 9.18 Å². The third-order valence-corrected chi connectivity index (χ3v) is 4.38. The third-order valence-electron chi connectivity index (χ3n) is 4.38. The molecule has 1 unspecified atom stereocenters. The van der Waals surface area contributed by atoms with E-state index in [1.165, 1.54) is 37.1 Å². The minimum absolute atomic E-state index is 0.0576. The Balaban J connectivity index is 1.37. The average molecular weight is 334 g/mol. The van der Waals surface area contributed by atoms with Gasteiger partial charge in [0.25, 0.3) is 0 Å². The van der Waals surface area contributed by atoms with Crippen molar-refractivity contribution < 1.29 is 14.0 Å². The maximum atomic E-state index is 12.8. The first-order chi connectivity index (χ1) is 11.6. The summed E-state index contributed by atoms with van der Waals surface area (Å²) in [5.41, 5.74) is 0.532. The van der Waals surface area contributed by atoms with Gasteiger partial charge in [0.1, 0.15) is 5.82 Å². The zero-order valence-corrected chi connectivity index (χ0v) is 13.6. The maximum absolute atomic E-state index is 12.8. The van der Waals surface area contributed by atoms with Gasteiger partial charge in [-0.2, -0.15) is 0 Å². The fourth-order valence-corrected chi connectivity index (χ4v) is 2.81. The zero-order chi connectivity index (χ0) is 16.9. The Labute approximate surface area is 140 Å². The number of nitrogens with one attached hydrogen (secondary N) is 3. The largest absolute Gasteiger partial charge is 0.339 e. The second-order valence-electron chi connectivity index (χ2n) is 6.50. The molecular weight excluding hydrogens is 311 g/mol. The highest BCUT2D eigenvalue weighted by Gasteiger charge is 2.27. The normalized spacial score (nSPS) is 20.0. The lowest BCUT2D eigenvalue weighted by Crippen LogP contribution is -2.42. The van der Waals surface area contributed by atoms with Crippen LogP contribution in [0, 0.1) is 11.7 Å². The summed E-state index contributed by atoms with van der Waals surface area (Å²) in [6.07, 6.45) is 3.27. The smallest absolute Gasteiger partial charge is 0.319 e. The minimum atomic E-state index is -0.346. The molecule has 3 amide bonds. The molecule has 7 heteroatoms. The van der Waals surface area contributed by atoms with Crippen molar-refractivity contribution in [2.45, 2.75) is 25.3 Å². The van der Waals surface area contributed by atoms with Gasteiger partial charge in [0, 0.05) is 24.8 Å². The molecule has 1 aromatic rings. The molecule has 1 saturated carbocycles. The number of nitrogens with zero attached hydrogens (tertiary/aromatic N) is 1. The van der Waals surface area contributed by atoms with Crippen molar-refractivity contribution in [3.05, 3.63) is 30.1 Å². The number of carbonyl (C=O) groups is 2. The summed E-state index contributed by atoms with van der Waals surface area (Å²) in [5.74, 6) is 0.487. The Bertz CT molecular complexity index is 589. The summed E-state index contributed by atoms with van der Waals surface area (Å²) in [6, 6.07) is 5.20. The number of urea groups is 1. The van der Waals surface area contributed by atoms with E-state index in [2.05, 4.69) is 16.0 Å². The Morgan fingerprint density at radius 1 is 1.17 bits per heavy atom. The summed E-state index contributed by atoms with van der Waals surface area (Å²) < 4.78 is 12.8. The van der Waals surface area contributed by atoms with E-state index in [0.29, 0.717) is 25.3 Å². The molecule has 0 aromatic heterocycles. The number of halogens is 1. The highest BCUT2D eigenvalue weighted by Crippen LogP contribution is 2.27. The number of hydrogen-bond acceptors (Lipinski definition) is 3. The number of anilines is 1. The van der Waals surface area contributed by atoms with Gasteiger partial charge in [-0.05, 0) is 56.0 Å². The summed E-state index contributed by atoms with van der Waals surface area (Å²) in [7, 11) is 0. The Hall–Kier alpha value is -2.15. The van der Waals surface area contributed by atoms with Gasteiger partial charge in [-0.1, -0.05) is 0 Å². The lowest BCUT2D eigenvalue weighted by atomic mass is 10.3. The van der Waals surface area contributed by atoms with Crippen molar-refractivity contribution >= 4 is 17.6 Å². The monoisotopic (exact) mass is 334 g/mol. The highest BCUT2D eigenvalue weighted by molar-refractivity contribution is 5.89. The third kappa shape index (κ3) is 4.92. The SMILES string of the molecule is O=C(Nc1ccc(F)cc1)NC1CCN(C(=O)CNCC2CC2)C1. The molecule has 1 aliphatic heterocycles. The van der Waals surface area contributed by atoms with Gasteiger partial charge >= 0.3 is 6.03 Å². The quantitative estimate of drug-likeness (QED) is 0.739. The topological polar surface area (TPSA) is 73.5 Å². The minimum Gasteiger partial charge on any atom is -0.339 e. The fraction of sp³-hybridized carbons (Fsp3) is 0.529. The predicted octanol–water partition coefficient (Wildman–Crippen LogP) is 1.55. The first kappa shape index (κ1) is 16.7. The van der Waals surface area contributed by atoms with Crippen LogP contribution in [0.15, 0.2) is 24.3 Å². The van der Waals surface area contributed by atoms with Crippen LogP contribution < -0.4 is 16.0 Å². The molecule has 0 bridgehead atoms. The molecule has 1 saturated heterocycles. The van der Waals surface area contributed by atoms with Crippen LogP contribution in [0.2, 0.25) is 0 Å². The number of likely N-dealkylation sites (tertiary alicyclic amines) is 1. The van der Waals surface area contributed by atoms with Crippen LogP contribution in [0.4, 0.5) is 14.9 Å². The molecule has 1 aromatic carbocycles. The summed E-state index contributed by atoms with van der Waals surface area (Å²) in [6.45, 7) is 2.47. The molecule has 1 heterocycles. The molecule has 130 valence electrons. The van der Waals surface area contributed by atoms with Crippen LogP contribution in [0.5, 0.6) is 0 Å². The standard InChI is InChI=1S/C17H23FN4O2/c18-13-3-5-14(6-4-13)20-17(24)21-15-7-8-22(11-15)16(23)10-19-9-12-1-2-12/h3-6,12,15,19H,1-2,7-11H2,(H2,20,21,24). The lowest BCUT2D eigenvalue weighted by Gasteiger charge is -2.17. The first-order valence-corrected chi connectivity index (χ1v) is 8.42. The number of hydrogen-bond donors (Lipinski definition) is 3. The molecular formula is C17H23FN4O2. The number of benzene rings is 1. The lowest BCUT2D eigenvalue weighted by molar-refractivity contribution is -0.129. The van der Waals surface area contributed by atoms with Crippen LogP contribution in [0.25, 0.3) is 0 Å². The van der Waals surface area contributed by atoms with Gasteiger partial charge in [-0.15, -0.1) is 0 Å². The van der Waals surface area contributed by atoms with Crippen LogP contribution >= 0.6 is 0 Å². The van der Waals surface area contributed by atoms with E-state index in [4.69, 9.17) is 0 Å². The van der Waals surface area contributed by atoms with Crippen LogP contribution in [-0.4, -0.2) is 49.1 Å². The molecule has 1 aliphatic carbocycles. The van der Waals surface area contributed by atoms with Gasteiger partial charge < -0.3 is 20.9 Å². The average Bonchev–Trinajstić information content (AvgIpc) is 3.26. The van der Waals surface area contributed by atoms with Crippen LogP contribution in [0.3, 0.4) is 0 Å². The van der Waals surface area contributed by atoms with Gasteiger partial charge in [0.05, 0.1) is 6.54 Å². The highest BCUT2D eigenvalue weighted by atomic mass is 19.1. The fourth-order valence-electron chi connectivity index (χ4n) is 2.81. The van der Waals surface area contributed by atoms with E-state index >= 15 is 0 Å². The molecule has 3 N–H and O–H groups in total. The summed E-state index contributed by atoms with van der Waals surface area (Å²) in [5, 5.41) is 8.71. The molecule has 2 aliphatic rings. The summed E-state index contributed by atoms with van der Waals surface area (Å²) in [4.78, 5) is 25.8. The van der Waals surface area contributed by atoms with E-state index in [9.17, 15) is 14.0 Å². The van der Waals surface area contributed by atoms with E-state index in [1.54, 1.807) is 4.90 Å².